The van der Waals surface area contributed by atoms with Crippen molar-refractivity contribution >= 4 is 11.6 Å². The van der Waals surface area contributed by atoms with E-state index < -0.39 is 6.43 Å². The monoisotopic (exact) mass is 409 g/mol. The number of halogens is 2. The molecular formula is C21H21F2N7. The van der Waals surface area contributed by atoms with E-state index in [-0.39, 0.29) is 5.56 Å². The van der Waals surface area contributed by atoms with Crippen LogP contribution in [-0.2, 0) is 7.05 Å². The standard InChI is InChI=1S/C21H21F2N7/c1-12-9-13(2)30(27-12)18-10-17(24-11-25-18)26-21-14(3)19(28-29(21)4)15-5-7-16(8-6-15)20(22)23/h5-11,20H,1-4H3,(H,24,25,26). The van der Waals surface area contributed by atoms with Gasteiger partial charge in [-0.2, -0.15) is 10.2 Å². The van der Waals surface area contributed by atoms with E-state index in [1.807, 2.05) is 40.0 Å². The number of aryl methyl sites for hydroxylation is 3. The summed E-state index contributed by atoms with van der Waals surface area (Å²) in [7, 11) is 1.81. The van der Waals surface area contributed by atoms with Crippen LogP contribution in [0.15, 0.2) is 42.7 Å². The van der Waals surface area contributed by atoms with Crippen molar-refractivity contribution in [2.24, 2.45) is 7.05 Å². The Labute approximate surface area is 172 Å². The molecule has 3 aromatic heterocycles. The zero-order valence-electron chi connectivity index (χ0n) is 17.1. The Balaban J connectivity index is 1.65. The summed E-state index contributed by atoms with van der Waals surface area (Å²) in [6, 6.07) is 9.95. The first-order valence-corrected chi connectivity index (χ1v) is 9.38. The van der Waals surface area contributed by atoms with Crippen LogP contribution < -0.4 is 5.32 Å². The predicted molar refractivity (Wildman–Crippen MR) is 110 cm³/mol. The fraction of sp³-hybridized carbons (Fsp3) is 0.238. The van der Waals surface area contributed by atoms with Crippen molar-refractivity contribution in [1.82, 2.24) is 29.5 Å². The molecule has 0 amide bonds. The van der Waals surface area contributed by atoms with Crippen molar-refractivity contribution in [2.45, 2.75) is 27.2 Å². The molecule has 0 saturated heterocycles. The number of alkyl halides is 2. The zero-order chi connectivity index (χ0) is 21.4. The summed E-state index contributed by atoms with van der Waals surface area (Å²) in [6.45, 7) is 5.82. The Morgan fingerprint density at radius 3 is 2.33 bits per heavy atom. The maximum absolute atomic E-state index is 12.8. The molecule has 0 saturated carbocycles. The normalized spacial score (nSPS) is 11.3. The minimum absolute atomic E-state index is 0.0108. The molecule has 0 fully saturated rings. The second-order valence-corrected chi connectivity index (χ2v) is 7.09. The van der Waals surface area contributed by atoms with Crippen molar-refractivity contribution in [3.8, 4) is 17.1 Å². The molecule has 4 aromatic rings. The lowest BCUT2D eigenvalue weighted by Crippen LogP contribution is -2.06. The number of anilines is 2. The maximum Gasteiger partial charge on any atom is 0.263 e. The van der Waals surface area contributed by atoms with Crippen LogP contribution in [-0.4, -0.2) is 29.5 Å². The molecule has 3 heterocycles. The molecule has 0 radical (unpaired) electrons. The van der Waals surface area contributed by atoms with Crippen molar-refractivity contribution in [2.75, 3.05) is 5.32 Å². The first-order valence-electron chi connectivity index (χ1n) is 9.38. The lowest BCUT2D eigenvalue weighted by molar-refractivity contribution is 0.151. The molecule has 0 aliphatic rings. The molecule has 9 heteroatoms. The van der Waals surface area contributed by atoms with Crippen LogP contribution in [0.5, 0.6) is 0 Å². The minimum atomic E-state index is -2.49. The van der Waals surface area contributed by atoms with Gasteiger partial charge in [-0.3, -0.25) is 4.68 Å². The molecule has 1 N–H and O–H groups in total. The van der Waals surface area contributed by atoms with Crippen LogP contribution in [0.3, 0.4) is 0 Å². The third-order valence-electron chi connectivity index (χ3n) is 4.85. The van der Waals surface area contributed by atoms with E-state index >= 15 is 0 Å². The quantitative estimate of drug-likeness (QED) is 0.519. The number of nitrogens with zero attached hydrogens (tertiary/aromatic N) is 6. The van der Waals surface area contributed by atoms with Crippen LogP contribution >= 0.6 is 0 Å². The number of benzene rings is 1. The molecule has 154 valence electrons. The van der Waals surface area contributed by atoms with Gasteiger partial charge in [0, 0.05) is 35.5 Å². The Bertz CT molecular complexity index is 1190. The predicted octanol–water partition coefficient (Wildman–Crippen LogP) is 4.67. The Morgan fingerprint density at radius 1 is 0.967 bits per heavy atom. The van der Waals surface area contributed by atoms with Gasteiger partial charge < -0.3 is 5.32 Å². The molecule has 0 aliphatic carbocycles. The number of aromatic nitrogens is 6. The number of hydrogen-bond donors (Lipinski definition) is 1. The highest BCUT2D eigenvalue weighted by Gasteiger charge is 2.16. The Morgan fingerprint density at radius 2 is 1.70 bits per heavy atom. The summed E-state index contributed by atoms with van der Waals surface area (Å²) in [5, 5.41) is 12.3. The van der Waals surface area contributed by atoms with Crippen LogP contribution in [0.25, 0.3) is 17.1 Å². The van der Waals surface area contributed by atoms with Gasteiger partial charge in [0.1, 0.15) is 18.0 Å². The van der Waals surface area contributed by atoms with E-state index in [0.717, 1.165) is 28.3 Å². The van der Waals surface area contributed by atoms with Gasteiger partial charge in [-0.15, -0.1) is 0 Å². The summed E-state index contributed by atoms with van der Waals surface area (Å²) in [5.74, 6) is 2.00. The average molecular weight is 409 g/mol. The highest BCUT2D eigenvalue weighted by molar-refractivity contribution is 5.71. The first-order chi connectivity index (χ1) is 14.3. The van der Waals surface area contributed by atoms with Crippen molar-refractivity contribution in [3.63, 3.8) is 0 Å². The van der Waals surface area contributed by atoms with E-state index in [1.54, 1.807) is 21.5 Å². The van der Waals surface area contributed by atoms with Gasteiger partial charge in [0.25, 0.3) is 6.43 Å². The molecule has 0 bridgehead atoms. The van der Waals surface area contributed by atoms with Gasteiger partial charge in [-0.25, -0.2) is 23.4 Å². The van der Waals surface area contributed by atoms with E-state index in [1.165, 1.54) is 18.5 Å². The summed E-state index contributed by atoms with van der Waals surface area (Å²) < 4.78 is 29.1. The maximum atomic E-state index is 12.8. The van der Waals surface area contributed by atoms with Crippen LogP contribution in [0.2, 0.25) is 0 Å². The third kappa shape index (κ3) is 3.66. The van der Waals surface area contributed by atoms with Crippen molar-refractivity contribution in [1.29, 1.82) is 0 Å². The highest BCUT2D eigenvalue weighted by Crippen LogP contribution is 2.30. The van der Waals surface area contributed by atoms with Gasteiger partial charge in [0.15, 0.2) is 5.82 Å². The molecular weight excluding hydrogens is 388 g/mol. The first kappa shape index (κ1) is 19.7. The van der Waals surface area contributed by atoms with E-state index in [2.05, 4.69) is 25.5 Å². The fourth-order valence-corrected chi connectivity index (χ4v) is 3.38. The minimum Gasteiger partial charge on any atom is -0.325 e. The van der Waals surface area contributed by atoms with Gasteiger partial charge in [-0.05, 0) is 26.8 Å². The fourth-order valence-electron chi connectivity index (χ4n) is 3.38. The average Bonchev–Trinajstić information content (AvgIpc) is 3.21. The molecule has 0 aliphatic heterocycles. The summed E-state index contributed by atoms with van der Waals surface area (Å²) in [5.41, 5.74) is 4.24. The number of rotatable bonds is 5. The van der Waals surface area contributed by atoms with Crippen molar-refractivity contribution in [3.05, 3.63) is 65.2 Å². The highest BCUT2D eigenvalue weighted by atomic mass is 19.3. The largest absolute Gasteiger partial charge is 0.325 e. The van der Waals surface area contributed by atoms with E-state index in [4.69, 9.17) is 0 Å². The Hall–Kier alpha value is -3.62. The van der Waals surface area contributed by atoms with Gasteiger partial charge in [-0.1, -0.05) is 24.3 Å². The third-order valence-corrected chi connectivity index (χ3v) is 4.85. The summed E-state index contributed by atoms with van der Waals surface area (Å²) >= 11 is 0. The second-order valence-electron chi connectivity index (χ2n) is 7.09. The molecule has 0 spiro atoms. The topological polar surface area (TPSA) is 73.5 Å². The summed E-state index contributed by atoms with van der Waals surface area (Å²) in [6.07, 6.45) is -1.01. The number of nitrogens with one attached hydrogen (secondary N) is 1. The van der Waals surface area contributed by atoms with Gasteiger partial charge in [0.2, 0.25) is 0 Å². The zero-order valence-corrected chi connectivity index (χ0v) is 17.1. The van der Waals surface area contributed by atoms with E-state index in [0.29, 0.717) is 17.3 Å². The van der Waals surface area contributed by atoms with Crippen molar-refractivity contribution < 1.29 is 8.78 Å². The van der Waals surface area contributed by atoms with E-state index in [9.17, 15) is 8.78 Å². The molecule has 30 heavy (non-hydrogen) atoms. The van der Waals surface area contributed by atoms with Gasteiger partial charge >= 0.3 is 0 Å². The molecule has 4 rings (SSSR count). The SMILES string of the molecule is Cc1cc(C)n(-c2cc(Nc3c(C)c(-c4ccc(C(F)F)cc4)nn3C)ncn2)n1. The summed E-state index contributed by atoms with van der Waals surface area (Å²) in [4.78, 5) is 8.62. The molecule has 1 aromatic carbocycles. The van der Waals surface area contributed by atoms with Crippen LogP contribution in [0.4, 0.5) is 20.4 Å². The lowest BCUT2D eigenvalue weighted by atomic mass is 10.1. The molecule has 0 atom stereocenters. The lowest BCUT2D eigenvalue weighted by Gasteiger charge is -2.09. The Kier molecular flexibility index (Phi) is 5.03. The van der Waals surface area contributed by atoms with Gasteiger partial charge in [0.05, 0.1) is 11.4 Å². The molecule has 0 unspecified atom stereocenters. The van der Waals surface area contributed by atoms with Crippen LogP contribution in [0.1, 0.15) is 28.9 Å². The molecule has 7 nitrogen and oxygen atoms in total. The second kappa shape index (κ2) is 7.66. The smallest absolute Gasteiger partial charge is 0.263 e. The van der Waals surface area contributed by atoms with Crippen LogP contribution in [0, 0.1) is 20.8 Å². The number of hydrogen-bond acceptors (Lipinski definition) is 5.